The van der Waals surface area contributed by atoms with E-state index in [1.54, 1.807) is 13.0 Å². The van der Waals surface area contributed by atoms with Crippen molar-refractivity contribution in [3.8, 4) is 0 Å². The number of hydrogen-bond acceptors (Lipinski definition) is 2. The fourth-order valence-electron chi connectivity index (χ4n) is 1.66. The molecule has 0 saturated carbocycles. The second kappa shape index (κ2) is 8.00. The summed E-state index contributed by atoms with van der Waals surface area (Å²) in [5.74, 6) is -0.617. The maximum atomic E-state index is 13.5. The molecule has 1 atom stereocenters. The van der Waals surface area contributed by atoms with Gasteiger partial charge in [-0.05, 0) is 25.5 Å². The Bertz CT molecular complexity index is 406. The predicted octanol–water partition coefficient (Wildman–Crippen LogP) is 3.59. The molecule has 0 saturated heterocycles. The molecule has 0 spiro atoms. The Morgan fingerprint density at radius 1 is 1.42 bits per heavy atom. The van der Waals surface area contributed by atoms with Gasteiger partial charge in [-0.3, -0.25) is 4.79 Å². The highest BCUT2D eigenvalue weighted by molar-refractivity contribution is 6.33. The van der Waals surface area contributed by atoms with Crippen molar-refractivity contribution in [3.63, 3.8) is 0 Å². The molecule has 0 aliphatic carbocycles. The van der Waals surface area contributed by atoms with Crippen molar-refractivity contribution in [1.82, 2.24) is 5.32 Å². The van der Waals surface area contributed by atoms with Gasteiger partial charge in [-0.15, -0.1) is 0 Å². The normalized spacial score (nSPS) is 12.0. The molecule has 1 aromatic carbocycles. The highest BCUT2D eigenvalue weighted by Gasteiger charge is 2.15. The molecule has 1 aromatic rings. The maximum Gasteiger partial charge on any atom is 0.242 e. The molecular weight excluding hydrogens is 267 g/mol. The minimum atomic E-state index is -0.531. The van der Waals surface area contributed by atoms with E-state index in [4.69, 9.17) is 11.6 Å². The van der Waals surface area contributed by atoms with E-state index in [0.29, 0.717) is 6.54 Å². The van der Waals surface area contributed by atoms with Crippen LogP contribution in [0.2, 0.25) is 5.02 Å². The number of halogens is 2. The van der Waals surface area contributed by atoms with E-state index in [1.807, 2.05) is 0 Å². The van der Waals surface area contributed by atoms with Gasteiger partial charge in [0.1, 0.15) is 11.9 Å². The minimum Gasteiger partial charge on any atom is -0.370 e. The predicted molar refractivity (Wildman–Crippen MR) is 77.0 cm³/mol. The molecule has 5 heteroatoms. The molecule has 1 rings (SSSR count). The first kappa shape index (κ1) is 15.8. The number of carbonyl (C=O) groups excluding carboxylic acids is 1. The molecule has 1 unspecified atom stereocenters. The van der Waals surface area contributed by atoms with Crippen LogP contribution in [-0.4, -0.2) is 18.5 Å². The van der Waals surface area contributed by atoms with Crippen LogP contribution in [0.1, 0.15) is 33.1 Å². The molecule has 0 bridgehead atoms. The van der Waals surface area contributed by atoms with E-state index >= 15 is 0 Å². The number of amides is 1. The lowest BCUT2D eigenvalue weighted by Gasteiger charge is -2.16. The quantitative estimate of drug-likeness (QED) is 0.752. The summed E-state index contributed by atoms with van der Waals surface area (Å²) in [6.45, 7) is 4.42. The van der Waals surface area contributed by atoms with Crippen LogP contribution in [0.4, 0.5) is 10.1 Å². The Labute approximate surface area is 118 Å². The van der Waals surface area contributed by atoms with Crippen LogP contribution in [0.15, 0.2) is 18.2 Å². The summed E-state index contributed by atoms with van der Waals surface area (Å²) in [5, 5.41) is 5.88. The Kier molecular flexibility index (Phi) is 6.64. The van der Waals surface area contributed by atoms with Gasteiger partial charge >= 0.3 is 0 Å². The Morgan fingerprint density at radius 3 is 2.79 bits per heavy atom. The Morgan fingerprint density at radius 2 is 2.16 bits per heavy atom. The number of hydrogen-bond donors (Lipinski definition) is 2. The maximum absolute atomic E-state index is 13.5. The molecule has 3 nitrogen and oxygen atoms in total. The van der Waals surface area contributed by atoms with Crippen LogP contribution in [0.25, 0.3) is 0 Å². The second-order valence-electron chi connectivity index (χ2n) is 4.46. The number of anilines is 1. The molecule has 106 valence electrons. The topological polar surface area (TPSA) is 41.1 Å². The van der Waals surface area contributed by atoms with Crippen molar-refractivity contribution in [1.29, 1.82) is 0 Å². The first-order chi connectivity index (χ1) is 9.06. The lowest BCUT2D eigenvalue weighted by molar-refractivity contribution is -0.121. The SMILES string of the molecule is CCCCCNC(=O)C(C)Nc1c(F)cccc1Cl. The molecule has 19 heavy (non-hydrogen) atoms. The average Bonchev–Trinajstić information content (AvgIpc) is 2.38. The van der Waals surface area contributed by atoms with Crippen LogP contribution >= 0.6 is 11.6 Å². The number of rotatable bonds is 7. The van der Waals surface area contributed by atoms with Crippen molar-refractivity contribution in [2.24, 2.45) is 0 Å². The number of nitrogens with one attached hydrogen (secondary N) is 2. The molecule has 0 aliphatic rings. The Balaban J connectivity index is 2.50. The van der Waals surface area contributed by atoms with Crippen LogP contribution in [0.3, 0.4) is 0 Å². The van der Waals surface area contributed by atoms with Crippen molar-refractivity contribution >= 4 is 23.2 Å². The summed E-state index contributed by atoms with van der Waals surface area (Å²) < 4.78 is 13.5. The first-order valence-electron chi connectivity index (χ1n) is 6.54. The number of carbonyl (C=O) groups is 1. The van der Waals surface area contributed by atoms with E-state index in [0.717, 1.165) is 19.3 Å². The van der Waals surface area contributed by atoms with E-state index < -0.39 is 11.9 Å². The fourth-order valence-corrected chi connectivity index (χ4v) is 1.88. The molecule has 0 heterocycles. The molecular formula is C14H20ClFN2O. The van der Waals surface area contributed by atoms with Gasteiger partial charge in [0.15, 0.2) is 0 Å². The van der Waals surface area contributed by atoms with Gasteiger partial charge < -0.3 is 10.6 Å². The van der Waals surface area contributed by atoms with Crippen LogP contribution in [0.5, 0.6) is 0 Å². The van der Waals surface area contributed by atoms with Crippen LogP contribution < -0.4 is 10.6 Å². The summed E-state index contributed by atoms with van der Waals surface area (Å²) in [4.78, 5) is 11.8. The van der Waals surface area contributed by atoms with E-state index in [2.05, 4.69) is 17.6 Å². The summed E-state index contributed by atoms with van der Waals surface area (Å²) >= 11 is 5.89. The minimum absolute atomic E-state index is 0.157. The zero-order valence-electron chi connectivity index (χ0n) is 11.3. The average molecular weight is 287 g/mol. The smallest absolute Gasteiger partial charge is 0.242 e. The van der Waals surface area contributed by atoms with Crippen molar-refractivity contribution in [2.45, 2.75) is 39.2 Å². The lowest BCUT2D eigenvalue weighted by Crippen LogP contribution is -2.38. The van der Waals surface area contributed by atoms with Crippen LogP contribution in [0, 0.1) is 5.82 Å². The van der Waals surface area contributed by atoms with Gasteiger partial charge in [0.25, 0.3) is 0 Å². The van der Waals surface area contributed by atoms with Gasteiger partial charge in [-0.1, -0.05) is 37.4 Å². The van der Waals surface area contributed by atoms with Gasteiger partial charge in [-0.25, -0.2) is 4.39 Å². The zero-order valence-corrected chi connectivity index (χ0v) is 12.1. The van der Waals surface area contributed by atoms with Gasteiger partial charge in [0.2, 0.25) is 5.91 Å². The fraction of sp³-hybridized carbons (Fsp3) is 0.500. The third kappa shape index (κ3) is 5.07. The molecule has 0 radical (unpaired) electrons. The van der Waals surface area contributed by atoms with Gasteiger partial charge in [0.05, 0.1) is 10.7 Å². The summed E-state index contributed by atoms with van der Waals surface area (Å²) in [6.07, 6.45) is 3.14. The van der Waals surface area contributed by atoms with E-state index in [-0.39, 0.29) is 16.6 Å². The van der Waals surface area contributed by atoms with Gasteiger partial charge in [-0.2, -0.15) is 0 Å². The summed E-state index contributed by atoms with van der Waals surface area (Å²) in [6, 6.07) is 3.88. The summed E-state index contributed by atoms with van der Waals surface area (Å²) in [5.41, 5.74) is 0.167. The molecule has 0 aromatic heterocycles. The first-order valence-corrected chi connectivity index (χ1v) is 6.92. The van der Waals surface area contributed by atoms with Crippen LogP contribution in [-0.2, 0) is 4.79 Å². The standard InChI is InChI=1S/C14H20ClFN2O/c1-3-4-5-9-17-14(19)10(2)18-13-11(15)7-6-8-12(13)16/h6-8,10,18H,3-5,9H2,1-2H3,(H,17,19). The van der Waals surface area contributed by atoms with Crippen molar-refractivity contribution in [3.05, 3.63) is 29.0 Å². The van der Waals surface area contributed by atoms with Gasteiger partial charge in [0, 0.05) is 6.54 Å². The molecule has 2 N–H and O–H groups in total. The van der Waals surface area contributed by atoms with E-state index in [9.17, 15) is 9.18 Å². The molecule has 1 amide bonds. The third-order valence-corrected chi connectivity index (χ3v) is 3.11. The number of para-hydroxylation sites is 1. The largest absolute Gasteiger partial charge is 0.370 e. The highest BCUT2D eigenvalue weighted by Crippen LogP contribution is 2.25. The van der Waals surface area contributed by atoms with E-state index in [1.165, 1.54) is 12.1 Å². The highest BCUT2D eigenvalue weighted by atomic mass is 35.5. The third-order valence-electron chi connectivity index (χ3n) is 2.80. The molecule has 0 aliphatic heterocycles. The lowest BCUT2D eigenvalue weighted by atomic mass is 10.2. The van der Waals surface area contributed by atoms with Crippen molar-refractivity contribution in [2.75, 3.05) is 11.9 Å². The monoisotopic (exact) mass is 286 g/mol. The number of unbranched alkanes of at least 4 members (excludes halogenated alkanes) is 2. The van der Waals surface area contributed by atoms with Crippen molar-refractivity contribution < 1.29 is 9.18 Å². The second-order valence-corrected chi connectivity index (χ2v) is 4.87. The zero-order chi connectivity index (χ0) is 14.3. The molecule has 0 fully saturated rings. The summed E-state index contributed by atoms with van der Waals surface area (Å²) in [7, 11) is 0. The Hall–Kier alpha value is -1.29. The number of benzene rings is 1.